The maximum absolute atomic E-state index is 11.4. The summed E-state index contributed by atoms with van der Waals surface area (Å²) in [5.41, 5.74) is 0. The van der Waals surface area contributed by atoms with Gasteiger partial charge in [0.05, 0.1) is 32.5 Å². The first kappa shape index (κ1) is 41.2. The lowest BCUT2D eigenvalue weighted by Gasteiger charge is -2.47. The molecule has 3 aliphatic heterocycles. The molecule has 0 aromatic carbocycles. The Kier molecular flexibility index (Phi) is 16.7. The second-order valence-electron chi connectivity index (χ2n) is 12.0. The Morgan fingerprint density at radius 1 is 0.750 bits per heavy atom. The smallest absolute Gasteiger partial charge is 0.397 e. The molecule has 0 spiro atoms. The van der Waals surface area contributed by atoms with Crippen molar-refractivity contribution in [3.63, 3.8) is 0 Å². The molecule has 8 N–H and O–H groups in total. The van der Waals surface area contributed by atoms with Crippen LogP contribution in [0.2, 0.25) is 0 Å². The third kappa shape index (κ3) is 11.7. The van der Waals surface area contributed by atoms with E-state index in [0.717, 1.165) is 32.1 Å². The van der Waals surface area contributed by atoms with Gasteiger partial charge in [-0.3, -0.25) is 9.35 Å². The van der Waals surface area contributed by atoms with Crippen molar-refractivity contribution in [3.8, 4) is 0 Å². The minimum atomic E-state index is -5.20. The standard InChI is InChI=1S/C28H50O19S/c1-14-20(32)22(34)23(35)27(42-14)44-15-11-19(41-10-8-6-4-3-5-7-9-18(31)40-2)43-17(13-30)25(15)46-28-24(36)26(47-48(37,38)39)21(33)16(12-29)45-28/h14-17,19-30,32-36H,3-13H2,1-2H3,(H,37,38,39)/t14-,15+,16+,17+,19+,20+,21-,22+,23-,24+,25-,26-,27-,28-/m0/s1. The van der Waals surface area contributed by atoms with Gasteiger partial charge in [-0.05, 0) is 19.8 Å². The summed E-state index contributed by atoms with van der Waals surface area (Å²) in [6.07, 6.45) is -16.4. The minimum Gasteiger partial charge on any atom is -0.469 e. The van der Waals surface area contributed by atoms with Crippen LogP contribution in [0, 0.1) is 0 Å². The highest BCUT2D eigenvalue weighted by molar-refractivity contribution is 7.80. The van der Waals surface area contributed by atoms with Gasteiger partial charge in [0.2, 0.25) is 0 Å². The number of hydrogen-bond acceptors (Lipinski definition) is 18. The molecule has 0 saturated carbocycles. The molecule has 3 rings (SSSR count). The zero-order valence-electron chi connectivity index (χ0n) is 26.8. The molecule has 0 amide bonds. The first-order valence-electron chi connectivity index (χ1n) is 15.9. The molecular weight excluding hydrogens is 672 g/mol. The second-order valence-corrected chi connectivity index (χ2v) is 13.0. The van der Waals surface area contributed by atoms with Gasteiger partial charge in [0.15, 0.2) is 18.9 Å². The van der Waals surface area contributed by atoms with Crippen molar-refractivity contribution in [2.75, 3.05) is 26.9 Å². The highest BCUT2D eigenvalue weighted by Gasteiger charge is 2.52. The number of esters is 1. The predicted molar refractivity (Wildman–Crippen MR) is 157 cm³/mol. The van der Waals surface area contributed by atoms with E-state index in [2.05, 4.69) is 8.92 Å². The van der Waals surface area contributed by atoms with Gasteiger partial charge >= 0.3 is 16.4 Å². The maximum atomic E-state index is 11.4. The topological polar surface area (TPSA) is 287 Å². The van der Waals surface area contributed by atoms with Crippen molar-refractivity contribution >= 4 is 16.4 Å². The largest absolute Gasteiger partial charge is 0.469 e. The van der Waals surface area contributed by atoms with Crippen LogP contribution in [-0.4, -0.2) is 168 Å². The predicted octanol–water partition coefficient (Wildman–Crippen LogP) is -2.76. The third-order valence-electron chi connectivity index (χ3n) is 8.43. The van der Waals surface area contributed by atoms with Crippen molar-refractivity contribution in [2.45, 2.75) is 144 Å². The number of carbonyl (C=O) groups is 1. The molecule has 14 atom stereocenters. The van der Waals surface area contributed by atoms with E-state index in [4.69, 9.17) is 28.4 Å². The van der Waals surface area contributed by atoms with Crippen LogP contribution in [0.4, 0.5) is 0 Å². The lowest BCUT2D eigenvalue weighted by molar-refractivity contribution is -0.367. The van der Waals surface area contributed by atoms with Crippen molar-refractivity contribution < 1.29 is 90.9 Å². The molecule has 3 saturated heterocycles. The van der Waals surface area contributed by atoms with Crippen LogP contribution in [0.5, 0.6) is 0 Å². The monoisotopic (exact) mass is 722 g/mol. The fourth-order valence-corrected chi connectivity index (χ4v) is 6.23. The van der Waals surface area contributed by atoms with Gasteiger partial charge in [0.1, 0.15) is 54.9 Å². The Morgan fingerprint density at radius 3 is 2.00 bits per heavy atom. The van der Waals surface area contributed by atoms with Gasteiger partial charge in [0, 0.05) is 19.4 Å². The summed E-state index contributed by atoms with van der Waals surface area (Å²) in [5, 5.41) is 72.2. The van der Waals surface area contributed by atoms with Crippen molar-refractivity contribution in [3.05, 3.63) is 0 Å². The van der Waals surface area contributed by atoms with Crippen molar-refractivity contribution in [2.24, 2.45) is 0 Å². The van der Waals surface area contributed by atoms with E-state index < -0.39 is 110 Å². The van der Waals surface area contributed by atoms with Crippen LogP contribution < -0.4 is 0 Å². The summed E-state index contributed by atoms with van der Waals surface area (Å²) in [7, 11) is -3.85. The molecule has 0 aliphatic carbocycles. The zero-order chi connectivity index (χ0) is 35.6. The molecule has 0 aromatic heterocycles. The highest BCUT2D eigenvalue weighted by atomic mass is 32.3. The summed E-state index contributed by atoms with van der Waals surface area (Å²) in [6.45, 7) is 0.106. The Morgan fingerprint density at radius 2 is 1.38 bits per heavy atom. The minimum absolute atomic E-state index is 0.117. The maximum Gasteiger partial charge on any atom is 0.397 e. The molecule has 3 heterocycles. The van der Waals surface area contributed by atoms with Crippen LogP contribution in [0.1, 0.15) is 58.3 Å². The molecule has 0 aromatic rings. The molecular formula is C28H50O19S. The molecule has 3 aliphatic rings. The Balaban J connectivity index is 1.70. The van der Waals surface area contributed by atoms with Gasteiger partial charge in [0.25, 0.3) is 0 Å². The summed E-state index contributed by atoms with van der Waals surface area (Å²) < 4.78 is 75.7. The molecule has 0 radical (unpaired) electrons. The molecule has 0 bridgehead atoms. The Labute approximate surface area is 278 Å². The van der Waals surface area contributed by atoms with Crippen LogP contribution in [0.15, 0.2) is 0 Å². The number of methoxy groups -OCH3 is 1. The number of unbranched alkanes of at least 4 members (excludes halogenated alkanes) is 5. The second kappa shape index (κ2) is 19.4. The first-order valence-corrected chi connectivity index (χ1v) is 17.3. The molecule has 282 valence electrons. The molecule has 3 fully saturated rings. The normalized spacial score (nSPS) is 39.3. The Bertz CT molecular complexity index is 1070. The SMILES string of the molecule is COC(=O)CCCCCCCCO[C@H]1C[C@@H](O[C@@H]2O[C@@H](C)[C@@H](O)[C@@H](O)[C@@H]2O)[C@H](O[C@@H]2O[C@H](CO)[C@H](O)[C@H](OS(=O)(=O)O)[C@H]2O)[C@@H](CO)O1. The van der Waals surface area contributed by atoms with Crippen LogP contribution in [0.25, 0.3) is 0 Å². The molecule has 48 heavy (non-hydrogen) atoms. The van der Waals surface area contributed by atoms with Gasteiger partial charge in [-0.1, -0.05) is 25.7 Å². The molecule has 20 heteroatoms. The van der Waals surface area contributed by atoms with E-state index in [1.54, 1.807) is 0 Å². The van der Waals surface area contributed by atoms with Gasteiger partial charge in [-0.2, -0.15) is 8.42 Å². The summed E-state index contributed by atoms with van der Waals surface area (Å²) in [5.74, 6) is -0.245. The summed E-state index contributed by atoms with van der Waals surface area (Å²) in [6, 6.07) is 0. The average Bonchev–Trinajstić information content (AvgIpc) is 3.04. The van der Waals surface area contributed by atoms with Crippen LogP contribution in [-0.2, 0) is 52.5 Å². The lowest BCUT2D eigenvalue weighted by Crippen LogP contribution is -2.64. The fourth-order valence-electron chi connectivity index (χ4n) is 5.72. The summed E-state index contributed by atoms with van der Waals surface area (Å²) >= 11 is 0. The highest BCUT2D eigenvalue weighted by Crippen LogP contribution is 2.34. The quantitative estimate of drug-likeness (QED) is 0.0404. The van der Waals surface area contributed by atoms with E-state index in [9.17, 15) is 53.5 Å². The van der Waals surface area contributed by atoms with Crippen LogP contribution in [0.3, 0.4) is 0 Å². The molecule has 0 unspecified atom stereocenters. The first-order chi connectivity index (χ1) is 22.7. The van der Waals surface area contributed by atoms with Crippen LogP contribution >= 0.6 is 0 Å². The average molecular weight is 723 g/mol. The Hall–Kier alpha value is -1.18. The van der Waals surface area contributed by atoms with Gasteiger partial charge in [-0.15, -0.1) is 0 Å². The number of ether oxygens (including phenoxy) is 7. The van der Waals surface area contributed by atoms with E-state index in [-0.39, 0.29) is 19.0 Å². The number of rotatable bonds is 18. The lowest BCUT2D eigenvalue weighted by atomic mass is 9.97. The number of aliphatic hydroxyl groups excluding tert-OH is 7. The van der Waals surface area contributed by atoms with E-state index in [1.807, 2.05) is 0 Å². The van der Waals surface area contributed by atoms with Gasteiger partial charge < -0.3 is 68.9 Å². The third-order valence-corrected chi connectivity index (χ3v) is 8.90. The molecule has 19 nitrogen and oxygen atoms in total. The number of hydrogen-bond donors (Lipinski definition) is 8. The van der Waals surface area contributed by atoms with E-state index in [1.165, 1.54) is 14.0 Å². The fraction of sp³-hybridized carbons (Fsp3) is 0.964. The zero-order valence-corrected chi connectivity index (χ0v) is 27.7. The number of carbonyl (C=O) groups excluding carboxylic acids is 1. The van der Waals surface area contributed by atoms with Crippen molar-refractivity contribution in [1.82, 2.24) is 0 Å². The van der Waals surface area contributed by atoms with E-state index >= 15 is 0 Å². The van der Waals surface area contributed by atoms with Gasteiger partial charge in [-0.25, -0.2) is 4.18 Å². The summed E-state index contributed by atoms with van der Waals surface area (Å²) in [4.78, 5) is 11.2. The number of aliphatic hydroxyl groups is 7. The van der Waals surface area contributed by atoms with Crippen molar-refractivity contribution in [1.29, 1.82) is 0 Å². The van der Waals surface area contributed by atoms with E-state index in [0.29, 0.717) is 12.8 Å².